The van der Waals surface area contributed by atoms with Crippen LogP contribution in [0.15, 0.2) is 0 Å². The van der Waals surface area contributed by atoms with Gasteiger partial charge in [0.1, 0.15) is 0 Å². The molecule has 1 rings (SSSR count). The van der Waals surface area contributed by atoms with Crippen LogP contribution in [-0.4, -0.2) is 24.7 Å². The third-order valence-electron chi connectivity index (χ3n) is 4.16. The van der Waals surface area contributed by atoms with Crippen LogP contribution in [0.5, 0.6) is 0 Å². The molecule has 0 aromatic carbocycles. The van der Waals surface area contributed by atoms with Crippen LogP contribution in [0.3, 0.4) is 0 Å². The summed E-state index contributed by atoms with van der Waals surface area (Å²) in [6, 6.07) is 0.955. The van der Waals surface area contributed by atoms with Gasteiger partial charge in [-0.3, -0.25) is 4.79 Å². The highest BCUT2D eigenvalue weighted by Crippen LogP contribution is 2.33. The number of esters is 1. The fourth-order valence-electron chi connectivity index (χ4n) is 2.72. The van der Waals surface area contributed by atoms with Crippen molar-refractivity contribution in [2.75, 3.05) is 6.61 Å². The Bertz CT molecular complexity index is 234. The molecule has 0 spiro atoms. The number of carbonyl (C=O) groups excluding carboxylic acids is 1. The van der Waals surface area contributed by atoms with Gasteiger partial charge in [-0.05, 0) is 38.5 Å². The number of hydrogen-bond donors (Lipinski definition) is 1. The SMILES string of the molecule is CCOC(=O)CC1C(C)C(C)NC(C)C1C.Cl. The molecule has 0 radical (unpaired) electrons. The van der Waals surface area contributed by atoms with Gasteiger partial charge in [0, 0.05) is 18.5 Å². The van der Waals surface area contributed by atoms with E-state index in [2.05, 4.69) is 33.0 Å². The third kappa shape index (κ3) is 4.14. The second-order valence-electron chi connectivity index (χ2n) is 5.14. The Hall–Kier alpha value is -0.280. The van der Waals surface area contributed by atoms with Crippen LogP contribution < -0.4 is 5.32 Å². The second-order valence-corrected chi connectivity index (χ2v) is 5.14. The first-order valence-electron chi connectivity index (χ1n) is 6.39. The topological polar surface area (TPSA) is 38.3 Å². The van der Waals surface area contributed by atoms with E-state index in [1.54, 1.807) is 0 Å². The molecule has 0 aromatic rings. The maximum Gasteiger partial charge on any atom is 0.306 e. The summed E-state index contributed by atoms with van der Waals surface area (Å²) in [6.45, 7) is 11.2. The van der Waals surface area contributed by atoms with Crippen LogP contribution in [0.25, 0.3) is 0 Å². The Kier molecular flexibility index (Phi) is 7.10. The summed E-state index contributed by atoms with van der Waals surface area (Å²) in [5.41, 5.74) is 0. The number of piperidine rings is 1. The monoisotopic (exact) mass is 263 g/mol. The van der Waals surface area contributed by atoms with E-state index >= 15 is 0 Å². The van der Waals surface area contributed by atoms with Crippen molar-refractivity contribution in [3.63, 3.8) is 0 Å². The Morgan fingerprint density at radius 1 is 1.12 bits per heavy atom. The van der Waals surface area contributed by atoms with Gasteiger partial charge in [-0.15, -0.1) is 12.4 Å². The molecular formula is C13H26ClNO2. The number of ether oxygens (including phenoxy) is 1. The molecule has 1 fully saturated rings. The Balaban J connectivity index is 0.00000256. The van der Waals surface area contributed by atoms with Gasteiger partial charge in [0.2, 0.25) is 0 Å². The predicted molar refractivity (Wildman–Crippen MR) is 72.4 cm³/mol. The lowest BCUT2D eigenvalue weighted by atomic mass is 9.71. The lowest BCUT2D eigenvalue weighted by molar-refractivity contribution is -0.145. The molecule has 1 aliphatic rings. The summed E-state index contributed by atoms with van der Waals surface area (Å²) in [5, 5.41) is 3.56. The zero-order chi connectivity index (χ0) is 12.3. The molecule has 0 amide bonds. The van der Waals surface area contributed by atoms with Crippen molar-refractivity contribution < 1.29 is 9.53 Å². The zero-order valence-corrected chi connectivity index (χ0v) is 12.3. The fourth-order valence-corrected chi connectivity index (χ4v) is 2.72. The molecule has 0 bridgehead atoms. The molecule has 1 aliphatic heterocycles. The zero-order valence-electron chi connectivity index (χ0n) is 11.5. The first kappa shape index (κ1) is 16.7. The first-order valence-corrected chi connectivity index (χ1v) is 6.39. The molecule has 1 heterocycles. The minimum absolute atomic E-state index is 0. The van der Waals surface area contributed by atoms with Crippen molar-refractivity contribution >= 4 is 18.4 Å². The van der Waals surface area contributed by atoms with E-state index in [9.17, 15) is 4.79 Å². The largest absolute Gasteiger partial charge is 0.466 e. The summed E-state index contributed by atoms with van der Waals surface area (Å²) in [7, 11) is 0. The molecule has 4 unspecified atom stereocenters. The Labute approximate surface area is 111 Å². The van der Waals surface area contributed by atoms with Crippen molar-refractivity contribution in [2.45, 2.75) is 53.1 Å². The third-order valence-corrected chi connectivity index (χ3v) is 4.16. The molecule has 17 heavy (non-hydrogen) atoms. The minimum atomic E-state index is -0.0486. The molecule has 4 atom stereocenters. The van der Waals surface area contributed by atoms with Crippen molar-refractivity contribution in [1.29, 1.82) is 0 Å². The van der Waals surface area contributed by atoms with Crippen molar-refractivity contribution in [1.82, 2.24) is 5.32 Å². The van der Waals surface area contributed by atoms with E-state index < -0.39 is 0 Å². The average molecular weight is 264 g/mol. The molecule has 0 aromatic heterocycles. The molecular weight excluding hydrogens is 238 g/mol. The normalized spacial score (nSPS) is 37.1. The maximum atomic E-state index is 11.6. The molecule has 0 aliphatic carbocycles. The predicted octanol–water partition coefficient (Wildman–Crippen LogP) is 2.63. The van der Waals surface area contributed by atoms with Crippen LogP contribution in [0.4, 0.5) is 0 Å². The van der Waals surface area contributed by atoms with Gasteiger partial charge in [0.15, 0.2) is 0 Å². The van der Waals surface area contributed by atoms with Crippen LogP contribution in [-0.2, 0) is 9.53 Å². The Morgan fingerprint density at radius 3 is 2.00 bits per heavy atom. The minimum Gasteiger partial charge on any atom is -0.466 e. The standard InChI is InChI=1S/C13H25NO2.ClH/c1-6-16-13(15)7-12-8(2)10(4)14-11(5)9(12)3;/h8-12,14H,6-7H2,1-5H3;1H. The molecule has 1 saturated heterocycles. The van der Waals surface area contributed by atoms with Crippen molar-refractivity contribution in [2.24, 2.45) is 17.8 Å². The highest BCUT2D eigenvalue weighted by Gasteiger charge is 2.37. The van der Waals surface area contributed by atoms with Gasteiger partial charge in [-0.2, -0.15) is 0 Å². The second kappa shape index (κ2) is 7.22. The highest BCUT2D eigenvalue weighted by molar-refractivity contribution is 5.85. The summed E-state index contributed by atoms with van der Waals surface area (Å²) in [6.07, 6.45) is 0.562. The lowest BCUT2D eigenvalue weighted by Crippen LogP contribution is -2.53. The van der Waals surface area contributed by atoms with Gasteiger partial charge < -0.3 is 10.1 Å². The van der Waals surface area contributed by atoms with Gasteiger partial charge in [-0.1, -0.05) is 13.8 Å². The highest BCUT2D eigenvalue weighted by atomic mass is 35.5. The molecule has 0 saturated carbocycles. The Morgan fingerprint density at radius 2 is 1.59 bits per heavy atom. The number of rotatable bonds is 3. The summed E-state index contributed by atoms with van der Waals surface area (Å²) < 4.78 is 5.05. The number of nitrogens with one attached hydrogen (secondary N) is 1. The van der Waals surface area contributed by atoms with E-state index in [1.165, 1.54) is 0 Å². The van der Waals surface area contributed by atoms with E-state index in [0.29, 0.717) is 42.9 Å². The van der Waals surface area contributed by atoms with Crippen molar-refractivity contribution in [3.05, 3.63) is 0 Å². The summed E-state index contributed by atoms with van der Waals surface area (Å²) in [4.78, 5) is 11.6. The smallest absolute Gasteiger partial charge is 0.306 e. The van der Waals surface area contributed by atoms with Crippen LogP contribution in [0, 0.1) is 17.8 Å². The number of hydrogen-bond acceptors (Lipinski definition) is 3. The van der Waals surface area contributed by atoms with Crippen molar-refractivity contribution in [3.8, 4) is 0 Å². The van der Waals surface area contributed by atoms with Gasteiger partial charge >= 0.3 is 5.97 Å². The number of carbonyl (C=O) groups is 1. The summed E-state index contributed by atoms with van der Waals surface area (Å²) >= 11 is 0. The van der Waals surface area contributed by atoms with E-state index in [1.807, 2.05) is 6.92 Å². The average Bonchev–Trinajstić information content (AvgIpc) is 2.22. The first-order chi connectivity index (χ1) is 7.47. The van der Waals surface area contributed by atoms with Crippen LogP contribution in [0.2, 0.25) is 0 Å². The molecule has 4 heteroatoms. The fraction of sp³-hybridized carbons (Fsp3) is 0.923. The van der Waals surface area contributed by atoms with Gasteiger partial charge in [-0.25, -0.2) is 0 Å². The van der Waals surface area contributed by atoms with Crippen LogP contribution >= 0.6 is 12.4 Å². The van der Waals surface area contributed by atoms with Gasteiger partial charge in [0.05, 0.1) is 6.61 Å². The molecule has 102 valence electrons. The maximum absolute atomic E-state index is 11.6. The van der Waals surface area contributed by atoms with E-state index in [0.717, 1.165) is 0 Å². The summed E-state index contributed by atoms with van der Waals surface area (Å²) in [5.74, 6) is 1.43. The molecule has 3 nitrogen and oxygen atoms in total. The van der Waals surface area contributed by atoms with Gasteiger partial charge in [0.25, 0.3) is 0 Å². The molecule has 1 N–H and O–H groups in total. The van der Waals surface area contributed by atoms with E-state index in [4.69, 9.17) is 4.74 Å². The quantitative estimate of drug-likeness (QED) is 0.796. The number of halogens is 1. The van der Waals surface area contributed by atoms with E-state index in [-0.39, 0.29) is 18.4 Å². The lowest BCUT2D eigenvalue weighted by Gasteiger charge is -2.43. The van der Waals surface area contributed by atoms with Crippen LogP contribution in [0.1, 0.15) is 41.0 Å².